The average molecular weight is 345 g/mol. The fourth-order valence-corrected chi connectivity index (χ4v) is 2.29. The fraction of sp³-hybridized carbons (Fsp3) is 0.462. The quantitative estimate of drug-likeness (QED) is 0.835. The molecule has 4 heteroatoms. The van der Waals surface area contributed by atoms with Gasteiger partial charge in [-0.05, 0) is 60.1 Å². The van der Waals surface area contributed by atoms with E-state index in [0.717, 1.165) is 19.4 Å². The minimum Gasteiger partial charge on any atom is -0.480 e. The van der Waals surface area contributed by atoms with Crippen LogP contribution in [0.25, 0.3) is 0 Å². The summed E-state index contributed by atoms with van der Waals surface area (Å²) < 4.78 is 1.20. The van der Waals surface area contributed by atoms with Crippen molar-refractivity contribution in [3.63, 3.8) is 0 Å². The molecular weight excluding hydrogens is 329 g/mol. The van der Waals surface area contributed by atoms with Crippen LogP contribution in [0.2, 0.25) is 0 Å². The van der Waals surface area contributed by atoms with Crippen molar-refractivity contribution in [2.75, 3.05) is 0 Å². The number of halogens is 1. The number of nitrogens with zero attached hydrogens (tertiary/aromatic N) is 1. The third kappa shape index (κ3) is 3.42. The summed E-state index contributed by atoms with van der Waals surface area (Å²) in [4.78, 5) is 13.2. The monoisotopic (exact) mass is 345 g/mol. The lowest BCUT2D eigenvalue weighted by atomic mass is 10.2. The Labute approximate surface area is 115 Å². The molecule has 1 atom stereocenters. The molecule has 0 bridgehead atoms. The van der Waals surface area contributed by atoms with Crippen molar-refractivity contribution in [2.24, 2.45) is 0 Å². The molecule has 1 saturated carbocycles. The van der Waals surface area contributed by atoms with Gasteiger partial charge in [-0.1, -0.05) is 12.1 Å². The van der Waals surface area contributed by atoms with E-state index < -0.39 is 12.0 Å². The lowest BCUT2D eigenvalue weighted by Gasteiger charge is -2.26. The second-order valence-corrected chi connectivity index (χ2v) is 5.79. The van der Waals surface area contributed by atoms with Crippen LogP contribution in [-0.4, -0.2) is 28.1 Å². The molecular formula is C13H16INO2. The minimum atomic E-state index is -0.734. The Bertz CT molecular complexity index is 400. The Kier molecular flexibility index (Phi) is 4.04. The van der Waals surface area contributed by atoms with E-state index in [1.54, 1.807) is 6.92 Å². The van der Waals surface area contributed by atoms with Gasteiger partial charge in [0.25, 0.3) is 0 Å². The third-order valence-electron chi connectivity index (χ3n) is 3.15. The van der Waals surface area contributed by atoms with Crippen LogP contribution in [-0.2, 0) is 11.3 Å². The number of aliphatic carboxylic acids is 1. The molecule has 0 amide bonds. The SMILES string of the molecule is CC(C(=O)O)N(Cc1ccc(I)cc1)C1CC1. The molecule has 0 radical (unpaired) electrons. The van der Waals surface area contributed by atoms with Gasteiger partial charge < -0.3 is 5.11 Å². The second kappa shape index (κ2) is 5.35. The van der Waals surface area contributed by atoms with Gasteiger partial charge in [-0.2, -0.15) is 0 Å². The molecule has 17 heavy (non-hydrogen) atoms. The molecule has 2 rings (SSSR count). The third-order valence-corrected chi connectivity index (χ3v) is 3.87. The van der Waals surface area contributed by atoms with E-state index in [1.165, 1.54) is 9.13 Å². The first kappa shape index (κ1) is 12.8. The Morgan fingerprint density at radius 2 is 2.06 bits per heavy atom. The van der Waals surface area contributed by atoms with Gasteiger partial charge in [0, 0.05) is 16.2 Å². The van der Waals surface area contributed by atoms with Crippen LogP contribution in [0.15, 0.2) is 24.3 Å². The first-order valence-electron chi connectivity index (χ1n) is 5.81. The van der Waals surface area contributed by atoms with Crippen molar-refractivity contribution in [3.8, 4) is 0 Å². The average Bonchev–Trinajstić information content (AvgIpc) is 3.11. The van der Waals surface area contributed by atoms with E-state index in [-0.39, 0.29) is 0 Å². The van der Waals surface area contributed by atoms with Crippen molar-refractivity contribution in [1.82, 2.24) is 4.90 Å². The molecule has 1 fully saturated rings. The standard InChI is InChI=1S/C13H16INO2/c1-9(13(16)17)15(12-6-7-12)8-10-2-4-11(14)5-3-10/h2-5,9,12H,6-8H2,1H3,(H,16,17). The first-order valence-corrected chi connectivity index (χ1v) is 6.89. The maximum atomic E-state index is 11.1. The fourth-order valence-electron chi connectivity index (χ4n) is 1.93. The zero-order valence-corrected chi connectivity index (χ0v) is 11.9. The smallest absolute Gasteiger partial charge is 0.320 e. The largest absolute Gasteiger partial charge is 0.480 e. The van der Waals surface area contributed by atoms with E-state index in [1.807, 2.05) is 0 Å². The molecule has 0 heterocycles. The molecule has 0 aromatic heterocycles. The lowest BCUT2D eigenvalue weighted by molar-refractivity contribution is -0.143. The normalized spacial score (nSPS) is 17.1. The molecule has 92 valence electrons. The number of benzene rings is 1. The van der Waals surface area contributed by atoms with Gasteiger partial charge >= 0.3 is 5.97 Å². The molecule has 0 spiro atoms. The van der Waals surface area contributed by atoms with Gasteiger partial charge in [-0.15, -0.1) is 0 Å². The predicted octanol–water partition coefficient (Wildman–Crippen LogP) is 2.73. The topological polar surface area (TPSA) is 40.5 Å². The summed E-state index contributed by atoms with van der Waals surface area (Å²) in [5.41, 5.74) is 1.19. The van der Waals surface area contributed by atoms with Gasteiger partial charge in [0.15, 0.2) is 0 Å². The lowest BCUT2D eigenvalue weighted by Crippen LogP contribution is -2.39. The summed E-state index contributed by atoms with van der Waals surface area (Å²) in [6.45, 7) is 2.50. The number of hydrogen-bond donors (Lipinski definition) is 1. The molecule has 1 aliphatic carbocycles. The molecule has 1 aromatic carbocycles. The zero-order valence-electron chi connectivity index (χ0n) is 9.77. The van der Waals surface area contributed by atoms with Gasteiger partial charge in [-0.25, -0.2) is 0 Å². The zero-order chi connectivity index (χ0) is 12.4. The summed E-state index contributed by atoms with van der Waals surface area (Å²) in [6.07, 6.45) is 2.25. The first-order chi connectivity index (χ1) is 8.08. The van der Waals surface area contributed by atoms with E-state index >= 15 is 0 Å². The number of carbonyl (C=O) groups is 1. The summed E-state index contributed by atoms with van der Waals surface area (Å²) in [7, 11) is 0. The number of hydrogen-bond acceptors (Lipinski definition) is 2. The second-order valence-electron chi connectivity index (χ2n) is 4.54. The Balaban J connectivity index is 2.07. The van der Waals surface area contributed by atoms with Crippen molar-refractivity contribution < 1.29 is 9.90 Å². The van der Waals surface area contributed by atoms with Crippen LogP contribution < -0.4 is 0 Å². The highest BCUT2D eigenvalue weighted by Gasteiger charge is 2.34. The van der Waals surface area contributed by atoms with Crippen LogP contribution in [0.1, 0.15) is 25.3 Å². The van der Waals surface area contributed by atoms with Crippen LogP contribution in [0.4, 0.5) is 0 Å². The van der Waals surface area contributed by atoms with Gasteiger partial charge in [-0.3, -0.25) is 9.69 Å². The van der Waals surface area contributed by atoms with Crippen LogP contribution in [0.3, 0.4) is 0 Å². The highest BCUT2D eigenvalue weighted by Crippen LogP contribution is 2.30. The minimum absolute atomic E-state index is 0.401. The van der Waals surface area contributed by atoms with Crippen molar-refractivity contribution >= 4 is 28.6 Å². The molecule has 1 aromatic rings. The van der Waals surface area contributed by atoms with Gasteiger partial charge in [0.05, 0.1) is 0 Å². The summed E-state index contributed by atoms with van der Waals surface area (Å²) in [5, 5.41) is 9.11. The van der Waals surface area contributed by atoms with E-state index in [4.69, 9.17) is 5.11 Å². The maximum Gasteiger partial charge on any atom is 0.320 e. The molecule has 1 N–H and O–H groups in total. The van der Waals surface area contributed by atoms with E-state index in [0.29, 0.717) is 6.04 Å². The van der Waals surface area contributed by atoms with Crippen molar-refractivity contribution in [2.45, 2.75) is 38.4 Å². The highest BCUT2D eigenvalue weighted by molar-refractivity contribution is 14.1. The van der Waals surface area contributed by atoms with Gasteiger partial charge in [0.2, 0.25) is 0 Å². The predicted molar refractivity (Wildman–Crippen MR) is 74.8 cm³/mol. The number of carboxylic acids is 1. The van der Waals surface area contributed by atoms with E-state index in [2.05, 4.69) is 51.8 Å². The highest BCUT2D eigenvalue weighted by atomic mass is 127. The Hall–Kier alpha value is -0.620. The maximum absolute atomic E-state index is 11.1. The molecule has 0 saturated heterocycles. The summed E-state index contributed by atoms with van der Waals surface area (Å²) in [6, 6.07) is 8.33. The molecule has 1 aliphatic rings. The molecule has 0 aliphatic heterocycles. The molecule has 3 nitrogen and oxygen atoms in total. The molecule has 1 unspecified atom stereocenters. The van der Waals surface area contributed by atoms with E-state index in [9.17, 15) is 4.79 Å². The van der Waals surface area contributed by atoms with Crippen LogP contribution >= 0.6 is 22.6 Å². The van der Waals surface area contributed by atoms with Crippen molar-refractivity contribution in [3.05, 3.63) is 33.4 Å². The van der Waals surface area contributed by atoms with Crippen molar-refractivity contribution in [1.29, 1.82) is 0 Å². The van der Waals surface area contributed by atoms with Gasteiger partial charge in [0.1, 0.15) is 6.04 Å². The Morgan fingerprint density at radius 3 is 2.53 bits per heavy atom. The Morgan fingerprint density at radius 1 is 1.47 bits per heavy atom. The number of carboxylic acid groups (broad SMARTS) is 1. The summed E-state index contributed by atoms with van der Waals surface area (Å²) in [5.74, 6) is -0.734. The van der Waals surface area contributed by atoms with Crippen LogP contribution in [0.5, 0.6) is 0 Å². The van der Waals surface area contributed by atoms with Crippen LogP contribution in [0, 0.1) is 3.57 Å². The summed E-state index contributed by atoms with van der Waals surface area (Å²) >= 11 is 2.27. The number of rotatable bonds is 5.